The Hall–Kier alpha value is -3.33. The second-order valence-electron chi connectivity index (χ2n) is 8.38. The largest absolute Gasteiger partial charge is 0.496 e. The molecule has 4 rings (SSSR count). The molecule has 0 bridgehead atoms. The van der Waals surface area contributed by atoms with E-state index in [4.69, 9.17) is 10.5 Å². The van der Waals surface area contributed by atoms with Crippen LogP contribution in [0.4, 0.5) is 18.9 Å². The molecule has 1 aliphatic heterocycles. The van der Waals surface area contributed by atoms with Gasteiger partial charge in [0.1, 0.15) is 11.6 Å². The fourth-order valence-electron chi connectivity index (χ4n) is 4.27. The van der Waals surface area contributed by atoms with Crippen molar-refractivity contribution in [1.82, 2.24) is 9.88 Å². The summed E-state index contributed by atoms with van der Waals surface area (Å²) >= 11 is 0. The van der Waals surface area contributed by atoms with Gasteiger partial charge in [-0.25, -0.2) is 13.2 Å². The number of nitrogens with one attached hydrogen (secondary N) is 1. The van der Waals surface area contributed by atoms with E-state index >= 15 is 0 Å². The van der Waals surface area contributed by atoms with E-state index in [1.807, 2.05) is 6.07 Å². The number of carbonyl (C=O) groups excluding carboxylic acids is 1. The summed E-state index contributed by atoms with van der Waals surface area (Å²) in [6.07, 6.45) is -1.30. The van der Waals surface area contributed by atoms with Crippen LogP contribution in [-0.2, 0) is 10.3 Å². The Morgan fingerprint density at radius 3 is 2.58 bits per heavy atom. The van der Waals surface area contributed by atoms with Crippen molar-refractivity contribution in [3.8, 4) is 5.75 Å². The number of aromatic nitrogens is 1. The summed E-state index contributed by atoms with van der Waals surface area (Å²) in [6, 6.07) is 8.75. The highest BCUT2D eigenvalue weighted by Crippen LogP contribution is 2.40. The molecule has 0 saturated carbocycles. The van der Waals surface area contributed by atoms with E-state index < -0.39 is 29.4 Å². The van der Waals surface area contributed by atoms with Gasteiger partial charge in [0, 0.05) is 54.5 Å². The normalized spacial score (nSPS) is 15.9. The van der Waals surface area contributed by atoms with E-state index in [-0.39, 0.29) is 11.5 Å². The average Bonchev–Trinajstić information content (AvgIpc) is 2.75. The van der Waals surface area contributed by atoms with Gasteiger partial charge in [-0.2, -0.15) is 0 Å². The zero-order valence-electron chi connectivity index (χ0n) is 18.5. The fraction of sp³-hybridized carbons (Fsp3) is 0.333. The summed E-state index contributed by atoms with van der Waals surface area (Å²) in [5.41, 5.74) is 7.32. The van der Waals surface area contributed by atoms with Crippen molar-refractivity contribution in [3.63, 3.8) is 0 Å². The van der Waals surface area contributed by atoms with Crippen LogP contribution in [0, 0.1) is 5.82 Å². The predicted molar refractivity (Wildman–Crippen MR) is 120 cm³/mol. The summed E-state index contributed by atoms with van der Waals surface area (Å²) < 4.78 is 46.5. The van der Waals surface area contributed by atoms with E-state index in [0.717, 1.165) is 17.0 Å². The van der Waals surface area contributed by atoms with Gasteiger partial charge in [-0.15, -0.1) is 0 Å². The maximum atomic E-state index is 14.7. The molecule has 1 aromatic heterocycles. The zero-order valence-corrected chi connectivity index (χ0v) is 18.5. The Kier molecular flexibility index (Phi) is 5.92. The molecule has 2 aromatic carbocycles. The van der Waals surface area contributed by atoms with Crippen molar-refractivity contribution in [1.29, 1.82) is 0 Å². The number of benzene rings is 2. The number of alkyl halides is 2. The van der Waals surface area contributed by atoms with Crippen LogP contribution in [-0.4, -0.2) is 36.0 Å². The number of nitrogens with two attached hydrogens (primary N) is 1. The lowest BCUT2D eigenvalue weighted by atomic mass is 9.82. The first kappa shape index (κ1) is 22.8. The maximum Gasteiger partial charge on any atom is 0.266 e. The molecule has 9 heteroatoms. The van der Waals surface area contributed by atoms with Crippen molar-refractivity contribution in [3.05, 3.63) is 65.1 Å². The average molecular weight is 458 g/mol. The Morgan fingerprint density at radius 2 is 1.94 bits per heavy atom. The quantitative estimate of drug-likeness (QED) is 0.568. The molecule has 1 saturated heterocycles. The minimum Gasteiger partial charge on any atom is -0.496 e. The molecule has 2 heterocycles. The topological polar surface area (TPSA) is 80.5 Å². The molecule has 0 unspecified atom stereocenters. The van der Waals surface area contributed by atoms with Crippen LogP contribution in [0.5, 0.6) is 5.75 Å². The Morgan fingerprint density at radius 1 is 1.24 bits per heavy atom. The number of nitrogens with zero attached hydrogens (tertiary/aromatic N) is 2. The molecule has 33 heavy (non-hydrogen) atoms. The Bertz CT molecular complexity index is 1210. The molecule has 1 fully saturated rings. The lowest BCUT2D eigenvalue weighted by Crippen LogP contribution is -2.65. The number of methoxy groups -OCH3 is 1. The van der Waals surface area contributed by atoms with Crippen LogP contribution in [0.25, 0.3) is 10.9 Å². The van der Waals surface area contributed by atoms with Gasteiger partial charge in [-0.1, -0.05) is 18.2 Å². The van der Waals surface area contributed by atoms with Gasteiger partial charge in [0.2, 0.25) is 5.91 Å². The van der Waals surface area contributed by atoms with Gasteiger partial charge >= 0.3 is 0 Å². The standard InChI is InChI=1S/C24H25F3N4O2/c1-13(15-5-4-6-16(22(15)25)23(26)27)30-19-7-8-29-20-10-21(33-3)18(9-17(19)20)24(28)11-31(12-24)14(2)32/h4-10,13,23H,11-12,28H2,1-3H3,(H,29,30)/t13-/m1/s1. The number of ether oxygens (including phenoxy) is 1. The van der Waals surface area contributed by atoms with Gasteiger partial charge < -0.3 is 20.7 Å². The first-order valence-electron chi connectivity index (χ1n) is 10.5. The monoisotopic (exact) mass is 458 g/mol. The van der Waals surface area contributed by atoms with Crippen molar-refractivity contribution < 1.29 is 22.7 Å². The molecule has 3 N–H and O–H groups in total. The van der Waals surface area contributed by atoms with Crippen LogP contribution < -0.4 is 15.8 Å². The first-order valence-corrected chi connectivity index (χ1v) is 10.5. The highest BCUT2D eigenvalue weighted by Gasteiger charge is 2.44. The summed E-state index contributed by atoms with van der Waals surface area (Å²) in [6.45, 7) is 3.91. The zero-order chi connectivity index (χ0) is 23.9. The molecule has 0 spiro atoms. The minimum atomic E-state index is -2.90. The van der Waals surface area contributed by atoms with Gasteiger partial charge in [0.25, 0.3) is 6.43 Å². The summed E-state index contributed by atoms with van der Waals surface area (Å²) in [4.78, 5) is 17.7. The molecule has 6 nitrogen and oxygen atoms in total. The number of hydrogen-bond acceptors (Lipinski definition) is 5. The molecule has 1 atom stereocenters. The molecule has 0 aliphatic carbocycles. The van der Waals surface area contributed by atoms with Gasteiger partial charge in [0.05, 0.1) is 29.8 Å². The van der Waals surface area contributed by atoms with Crippen molar-refractivity contribution in [2.45, 2.75) is 31.9 Å². The second-order valence-corrected chi connectivity index (χ2v) is 8.38. The smallest absolute Gasteiger partial charge is 0.266 e. The van der Waals surface area contributed by atoms with Crippen LogP contribution >= 0.6 is 0 Å². The Labute approximate surface area is 189 Å². The van der Waals surface area contributed by atoms with Crippen LogP contribution in [0.2, 0.25) is 0 Å². The molecule has 1 aliphatic rings. The lowest BCUT2D eigenvalue weighted by Gasteiger charge is -2.48. The number of hydrogen-bond donors (Lipinski definition) is 2. The van der Waals surface area contributed by atoms with Gasteiger partial charge in [0.15, 0.2) is 0 Å². The highest BCUT2D eigenvalue weighted by atomic mass is 19.3. The number of fused-ring (bicyclic) bond motifs is 1. The fourth-order valence-corrected chi connectivity index (χ4v) is 4.27. The van der Waals surface area contributed by atoms with E-state index in [9.17, 15) is 18.0 Å². The van der Waals surface area contributed by atoms with Crippen molar-refractivity contribution >= 4 is 22.5 Å². The van der Waals surface area contributed by atoms with Crippen LogP contribution in [0.15, 0.2) is 42.6 Å². The maximum absolute atomic E-state index is 14.7. The number of carbonyl (C=O) groups is 1. The van der Waals surface area contributed by atoms with E-state index in [1.165, 1.54) is 19.1 Å². The number of rotatable bonds is 6. The molecule has 3 aromatic rings. The van der Waals surface area contributed by atoms with Crippen molar-refractivity contribution in [2.24, 2.45) is 5.73 Å². The Balaban J connectivity index is 1.72. The SMILES string of the molecule is COc1cc2nccc(N[C@H](C)c3cccc(C(F)F)c3F)c2cc1C1(N)CN(C(C)=O)C1. The van der Waals surface area contributed by atoms with E-state index in [1.54, 1.807) is 37.3 Å². The third-order valence-corrected chi connectivity index (χ3v) is 6.12. The number of likely N-dealkylation sites (tertiary alicyclic amines) is 1. The number of pyridine rings is 1. The van der Waals surface area contributed by atoms with Gasteiger partial charge in [-0.05, 0) is 19.1 Å². The van der Waals surface area contributed by atoms with Crippen LogP contribution in [0.1, 0.15) is 43.0 Å². The minimum absolute atomic E-state index is 0.0540. The van der Waals surface area contributed by atoms with Crippen LogP contribution in [0.3, 0.4) is 0 Å². The number of halogens is 3. The molecule has 174 valence electrons. The number of amides is 1. The van der Waals surface area contributed by atoms with Crippen molar-refractivity contribution in [2.75, 3.05) is 25.5 Å². The molecule has 1 amide bonds. The first-order chi connectivity index (χ1) is 15.6. The lowest BCUT2D eigenvalue weighted by molar-refractivity contribution is -0.136. The van der Waals surface area contributed by atoms with E-state index in [2.05, 4.69) is 10.3 Å². The summed E-state index contributed by atoms with van der Waals surface area (Å²) in [5, 5.41) is 3.94. The number of anilines is 1. The highest BCUT2D eigenvalue weighted by molar-refractivity contribution is 5.93. The molecular formula is C24H25F3N4O2. The summed E-state index contributed by atoms with van der Waals surface area (Å²) in [7, 11) is 1.54. The van der Waals surface area contributed by atoms with Gasteiger partial charge in [-0.3, -0.25) is 9.78 Å². The molecule has 0 radical (unpaired) electrons. The van der Waals surface area contributed by atoms with E-state index in [0.29, 0.717) is 30.0 Å². The summed E-state index contributed by atoms with van der Waals surface area (Å²) in [5.74, 6) is -0.420. The third kappa shape index (κ3) is 4.08. The second kappa shape index (κ2) is 8.55. The predicted octanol–water partition coefficient (Wildman–Crippen LogP) is 4.51. The molecular weight excluding hydrogens is 433 g/mol. The third-order valence-electron chi connectivity index (χ3n) is 6.12.